The van der Waals surface area contributed by atoms with E-state index in [-0.39, 0.29) is 24.4 Å². The summed E-state index contributed by atoms with van der Waals surface area (Å²) in [5.74, 6) is 0.652. The first-order chi connectivity index (χ1) is 12.1. The molecule has 0 unspecified atom stereocenters. The number of halogens is 1. The lowest BCUT2D eigenvalue weighted by Gasteiger charge is -2.23. The normalized spacial score (nSPS) is 16.2. The van der Waals surface area contributed by atoms with E-state index in [0.29, 0.717) is 22.6 Å². The molecular formula is C19H22ClN3O3. The second-order valence-corrected chi connectivity index (χ2v) is 6.03. The van der Waals surface area contributed by atoms with Gasteiger partial charge in [0.05, 0.1) is 0 Å². The van der Waals surface area contributed by atoms with Crippen LogP contribution in [-0.2, 0) is 0 Å². The quantitative estimate of drug-likeness (QED) is 0.748. The Labute approximate surface area is 158 Å². The molecular weight excluding hydrogens is 354 g/mol. The number of hydrogen-bond acceptors (Lipinski definition) is 4. The number of ether oxygens (including phenoxy) is 1. The average molecular weight is 376 g/mol. The minimum Gasteiger partial charge on any atom is -0.457 e. The van der Waals surface area contributed by atoms with E-state index in [1.165, 1.54) is 0 Å². The van der Waals surface area contributed by atoms with Crippen molar-refractivity contribution in [3.8, 4) is 11.5 Å². The van der Waals surface area contributed by atoms with Crippen LogP contribution in [0.2, 0.25) is 0 Å². The SMILES string of the molecule is Cl.NC(=O)c1ccc(Oc2ccc(C(=O)N[C@H]3CCCNC3)cc2)cc1. The van der Waals surface area contributed by atoms with Crippen molar-refractivity contribution in [2.45, 2.75) is 18.9 Å². The average Bonchev–Trinajstić information content (AvgIpc) is 2.63. The summed E-state index contributed by atoms with van der Waals surface area (Å²) in [6.07, 6.45) is 2.08. The van der Waals surface area contributed by atoms with Crippen LogP contribution in [0.3, 0.4) is 0 Å². The Balaban J connectivity index is 0.00000243. The van der Waals surface area contributed by atoms with Crippen molar-refractivity contribution in [3.05, 3.63) is 59.7 Å². The van der Waals surface area contributed by atoms with Crippen LogP contribution >= 0.6 is 12.4 Å². The number of carbonyl (C=O) groups is 2. The van der Waals surface area contributed by atoms with Crippen LogP contribution in [0.1, 0.15) is 33.6 Å². The number of hydrogen-bond donors (Lipinski definition) is 3. The maximum Gasteiger partial charge on any atom is 0.251 e. The Morgan fingerprint density at radius 2 is 1.58 bits per heavy atom. The first-order valence-electron chi connectivity index (χ1n) is 8.31. The van der Waals surface area contributed by atoms with E-state index in [9.17, 15) is 9.59 Å². The number of primary amides is 1. The second kappa shape index (κ2) is 9.22. The third-order valence-electron chi connectivity index (χ3n) is 4.12. The van der Waals surface area contributed by atoms with Crippen LogP contribution in [0.25, 0.3) is 0 Å². The van der Waals surface area contributed by atoms with Crippen molar-refractivity contribution < 1.29 is 14.3 Å². The molecule has 26 heavy (non-hydrogen) atoms. The van der Waals surface area contributed by atoms with Crippen molar-refractivity contribution in [1.82, 2.24) is 10.6 Å². The van der Waals surface area contributed by atoms with Crippen LogP contribution in [0, 0.1) is 0 Å². The van der Waals surface area contributed by atoms with Crippen LogP contribution in [0.4, 0.5) is 0 Å². The molecule has 0 bridgehead atoms. The Hall–Kier alpha value is -2.57. The van der Waals surface area contributed by atoms with Crippen molar-refractivity contribution in [1.29, 1.82) is 0 Å². The molecule has 7 heteroatoms. The minimum absolute atomic E-state index is 0. The van der Waals surface area contributed by atoms with Gasteiger partial charge in [0.1, 0.15) is 11.5 Å². The van der Waals surface area contributed by atoms with E-state index < -0.39 is 5.91 Å². The molecule has 0 aliphatic carbocycles. The molecule has 2 aromatic carbocycles. The fourth-order valence-corrected chi connectivity index (χ4v) is 2.74. The zero-order valence-corrected chi connectivity index (χ0v) is 15.1. The molecule has 0 radical (unpaired) electrons. The number of nitrogens with two attached hydrogens (primary N) is 1. The molecule has 0 saturated carbocycles. The van der Waals surface area contributed by atoms with Crippen LogP contribution in [0.15, 0.2) is 48.5 Å². The summed E-state index contributed by atoms with van der Waals surface area (Å²) < 4.78 is 5.70. The molecule has 0 spiro atoms. The molecule has 2 amide bonds. The van der Waals surface area contributed by atoms with Crippen LogP contribution in [-0.4, -0.2) is 30.9 Å². The van der Waals surface area contributed by atoms with Crippen molar-refractivity contribution in [2.75, 3.05) is 13.1 Å². The summed E-state index contributed by atoms with van der Waals surface area (Å²) in [6.45, 7) is 1.83. The first kappa shape index (κ1) is 19.8. The lowest BCUT2D eigenvalue weighted by Crippen LogP contribution is -2.45. The second-order valence-electron chi connectivity index (χ2n) is 6.03. The summed E-state index contributed by atoms with van der Waals surface area (Å²) in [5.41, 5.74) is 6.23. The molecule has 1 fully saturated rings. The predicted octanol–water partition coefficient (Wildman–Crippen LogP) is 2.48. The summed E-state index contributed by atoms with van der Waals surface area (Å²) in [7, 11) is 0. The van der Waals surface area contributed by atoms with Crippen molar-refractivity contribution in [3.63, 3.8) is 0 Å². The highest BCUT2D eigenvalue weighted by molar-refractivity contribution is 5.94. The molecule has 1 aliphatic heterocycles. The third kappa shape index (κ3) is 5.21. The van der Waals surface area contributed by atoms with E-state index in [0.717, 1.165) is 25.9 Å². The van der Waals surface area contributed by atoms with Gasteiger partial charge in [-0.15, -0.1) is 12.4 Å². The third-order valence-corrected chi connectivity index (χ3v) is 4.12. The zero-order valence-electron chi connectivity index (χ0n) is 14.2. The van der Waals surface area contributed by atoms with Gasteiger partial charge in [-0.2, -0.15) is 0 Å². The number of rotatable bonds is 5. The Kier molecular flexibility index (Phi) is 7.00. The molecule has 6 nitrogen and oxygen atoms in total. The Morgan fingerprint density at radius 1 is 1.00 bits per heavy atom. The highest BCUT2D eigenvalue weighted by Gasteiger charge is 2.16. The van der Waals surface area contributed by atoms with Gasteiger partial charge < -0.3 is 21.1 Å². The van der Waals surface area contributed by atoms with Crippen molar-refractivity contribution >= 4 is 24.2 Å². The number of carbonyl (C=O) groups excluding carboxylic acids is 2. The van der Waals surface area contributed by atoms with Gasteiger partial charge in [-0.05, 0) is 67.9 Å². The fraction of sp³-hybridized carbons (Fsp3) is 0.263. The molecule has 1 saturated heterocycles. The summed E-state index contributed by atoms with van der Waals surface area (Å²) in [4.78, 5) is 23.3. The van der Waals surface area contributed by atoms with E-state index in [1.807, 2.05) is 0 Å². The standard InChI is InChI=1S/C19H21N3O3.ClH/c20-18(23)13-3-7-16(8-4-13)25-17-9-5-14(6-10-17)19(24)22-15-2-1-11-21-12-15;/h3-10,15,21H,1-2,11-12H2,(H2,20,23)(H,22,24);1H/t15-;/m0./s1. The maximum atomic E-state index is 12.3. The van der Waals surface area contributed by atoms with Gasteiger partial charge in [-0.3, -0.25) is 9.59 Å². The predicted molar refractivity (Wildman–Crippen MR) is 102 cm³/mol. The Bertz CT molecular complexity index is 742. The van der Waals surface area contributed by atoms with E-state index in [2.05, 4.69) is 10.6 Å². The van der Waals surface area contributed by atoms with Crippen LogP contribution < -0.4 is 21.1 Å². The van der Waals surface area contributed by atoms with Gasteiger partial charge in [0.2, 0.25) is 5.91 Å². The summed E-state index contributed by atoms with van der Waals surface area (Å²) >= 11 is 0. The van der Waals surface area contributed by atoms with Crippen LogP contribution in [0.5, 0.6) is 11.5 Å². The molecule has 4 N–H and O–H groups in total. The van der Waals surface area contributed by atoms with Crippen molar-refractivity contribution in [2.24, 2.45) is 5.73 Å². The molecule has 1 atom stereocenters. The largest absolute Gasteiger partial charge is 0.457 e. The van der Waals surface area contributed by atoms with Gasteiger partial charge >= 0.3 is 0 Å². The molecule has 1 aliphatic rings. The first-order valence-corrected chi connectivity index (χ1v) is 8.31. The lowest BCUT2D eigenvalue weighted by atomic mass is 10.1. The molecule has 0 aromatic heterocycles. The lowest BCUT2D eigenvalue weighted by molar-refractivity contribution is 0.0929. The molecule has 3 rings (SSSR count). The van der Waals surface area contributed by atoms with Gasteiger partial charge in [0.15, 0.2) is 0 Å². The number of amides is 2. The zero-order chi connectivity index (χ0) is 17.6. The van der Waals surface area contributed by atoms with Gasteiger partial charge in [0.25, 0.3) is 5.91 Å². The molecule has 2 aromatic rings. The Morgan fingerprint density at radius 3 is 2.08 bits per heavy atom. The number of piperidine rings is 1. The van der Waals surface area contributed by atoms with E-state index >= 15 is 0 Å². The van der Waals surface area contributed by atoms with Gasteiger partial charge in [-0.25, -0.2) is 0 Å². The van der Waals surface area contributed by atoms with E-state index in [1.54, 1.807) is 48.5 Å². The number of benzene rings is 2. The maximum absolute atomic E-state index is 12.3. The number of nitrogens with one attached hydrogen (secondary N) is 2. The molecule has 138 valence electrons. The summed E-state index contributed by atoms with van der Waals surface area (Å²) in [6, 6.07) is 13.7. The van der Waals surface area contributed by atoms with E-state index in [4.69, 9.17) is 10.5 Å². The van der Waals surface area contributed by atoms with Gasteiger partial charge in [-0.1, -0.05) is 0 Å². The minimum atomic E-state index is -0.477. The van der Waals surface area contributed by atoms with Gasteiger partial charge in [0, 0.05) is 23.7 Å². The molecule has 1 heterocycles. The monoisotopic (exact) mass is 375 g/mol. The highest BCUT2D eigenvalue weighted by Crippen LogP contribution is 2.22. The topological polar surface area (TPSA) is 93.5 Å². The smallest absolute Gasteiger partial charge is 0.251 e. The highest BCUT2D eigenvalue weighted by atomic mass is 35.5. The fourth-order valence-electron chi connectivity index (χ4n) is 2.74. The summed E-state index contributed by atoms with van der Waals surface area (Å²) in [5, 5.41) is 6.31.